The topological polar surface area (TPSA) is 492 Å². The summed E-state index contributed by atoms with van der Waals surface area (Å²) in [6, 6.07) is 43.3. The lowest BCUT2D eigenvalue weighted by Crippen LogP contribution is -2.14. The molecule has 10 aromatic heterocycles. The van der Waals surface area contributed by atoms with E-state index in [4.69, 9.17) is 27.7 Å². The summed E-state index contributed by atoms with van der Waals surface area (Å²) in [6.45, 7) is 6.78. The highest BCUT2D eigenvalue weighted by Gasteiger charge is 2.22. The van der Waals surface area contributed by atoms with Crippen LogP contribution in [-0.4, -0.2) is 113 Å². The molecule has 0 fully saturated rings. The minimum atomic E-state index is -0.674. The maximum Gasteiger partial charge on any atom is 0.235 e. The molecule has 0 radical (unpaired) electrons. The van der Waals surface area contributed by atoms with Crippen LogP contribution in [0.25, 0.3) is 44.3 Å². The van der Waals surface area contributed by atoms with Crippen molar-refractivity contribution in [2.45, 2.75) is 51.9 Å². The number of nitrogens with two attached hydrogens (primary N) is 4. The van der Waals surface area contributed by atoms with Crippen molar-refractivity contribution < 1.29 is 39.9 Å². The fourth-order valence-electron chi connectivity index (χ4n) is 11.5. The molecule has 16 aromatic rings. The molecular formula is C78H71F8N33OS. The Labute approximate surface area is 685 Å². The van der Waals surface area contributed by atoms with Gasteiger partial charge in [0, 0.05) is 94.3 Å². The molecule has 4 atom stereocenters. The molecule has 0 aliphatic heterocycles. The summed E-state index contributed by atoms with van der Waals surface area (Å²) in [7, 11) is 1.60. The second-order valence-corrected chi connectivity index (χ2v) is 26.9. The van der Waals surface area contributed by atoms with E-state index in [1.165, 1.54) is 48.5 Å². The van der Waals surface area contributed by atoms with Crippen LogP contribution in [0.2, 0.25) is 0 Å². The zero-order chi connectivity index (χ0) is 85.2. The molecule has 0 aliphatic rings. The Hall–Kier alpha value is -16.1. The lowest BCUT2D eigenvalue weighted by molar-refractivity contribution is 0.415. The van der Waals surface area contributed by atoms with Crippen LogP contribution < -0.4 is 70.2 Å². The Kier molecular flexibility index (Phi) is 26.1. The number of aromatic nitrogens is 21. The van der Waals surface area contributed by atoms with Crippen molar-refractivity contribution in [3.8, 4) is 50.1 Å². The van der Waals surface area contributed by atoms with Gasteiger partial charge in [-0.2, -0.15) is 80.2 Å². The van der Waals surface area contributed by atoms with Crippen LogP contribution in [0, 0.1) is 46.5 Å². The van der Waals surface area contributed by atoms with E-state index in [1.54, 1.807) is 76.7 Å². The summed E-state index contributed by atoms with van der Waals surface area (Å²) in [6.07, 6.45) is 3.39. The standard InChI is InChI=1S/C21H20F2N8O.C20H18F2N8.C19H17F2N9.C18H16F2N8S/c1-11(15-7-6-13(22)9-16(15)23)25-20-27-19(24)28-21(29-20)26-18-10-17(30-31-18)12-4-3-5-14(8-12)32-2;1-11(14-8-7-13(21)9-15(14)22)24-19-26-18(23)27-20(28-19)25-17-10-16(29-30-17)12-5-3-2-4-6-12;1-10(13-5-4-12(20)7-14(13)21)24-18-26-17(22)27-19(28-18)25-16-8-15(29-30-16)11-3-2-6-23-9-11;1-9(11-5-4-10(19)7-12(11)20)22-17-24-16(21)25-18(26-17)23-15-8-13(27-28-15)14-3-2-6-29-14/h3-11H,1-2H3,(H5,24,25,26,27,28,29,30,31);2-11H,1H3,(H5,23,24,25,26,27,28,29,30);2-10H,1H3,(H5,22,24,25,26,27,28,29,30);2-9H,1H3,(H5,21,22,23,24,25,26,27,28). The van der Waals surface area contributed by atoms with Crippen molar-refractivity contribution in [1.82, 2.24) is 106 Å². The predicted molar refractivity (Wildman–Crippen MR) is 442 cm³/mol. The Morgan fingerprint density at radius 2 is 0.661 bits per heavy atom. The summed E-state index contributed by atoms with van der Waals surface area (Å²) in [4.78, 5) is 54.3. The van der Waals surface area contributed by atoms with E-state index >= 15 is 0 Å². The van der Waals surface area contributed by atoms with Crippen LogP contribution in [0.4, 0.5) is 130 Å². The fraction of sp³-hybridized carbons (Fsp3) is 0.115. The van der Waals surface area contributed by atoms with Crippen molar-refractivity contribution >= 4 is 106 Å². The number of rotatable bonds is 25. The first kappa shape index (κ1) is 82.9. The third-order valence-corrected chi connectivity index (χ3v) is 18.1. The molecule has 34 nitrogen and oxygen atoms in total. The number of hydrogen-bond donors (Lipinski definition) is 16. The van der Waals surface area contributed by atoms with Gasteiger partial charge in [0.25, 0.3) is 0 Å². The first-order chi connectivity index (χ1) is 58.3. The van der Waals surface area contributed by atoms with Crippen molar-refractivity contribution in [2.75, 3.05) is 72.6 Å². The smallest absolute Gasteiger partial charge is 0.235 e. The van der Waals surface area contributed by atoms with Gasteiger partial charge in [-0.3, -0.25) is 25.4 Å². The van der Waals surface area contributed by atoms with E-state index in [-0.39, 0.29) is 93.6 Å². The van der Waals surface area contributed by atoms with Gasteiger partial charge in [0.05, 0.1) is 58.9 Å². The van der Waals surface area contributed by atoms with Gasteiger partial charge in [-0.1, -0.05) is 72.8 Å². The molecular weight excluding hydrogens is 1600 g/mol. The summed E-state index contributed by atoms with van der Waals surface area (Å²) in [5.41, 5.74) is 30.1. The van der Waals surface area contributed by atoms with Crippen LogP contribution in [0.1, 0.15) is 74.1 Å². The van der Waals surface area contributed by atoms with Crippen molar-refractivity contribution in [1.29, 1.82) is 0 Å². The largest absolute Gasteiger partial charge is 0.497 e. The van der Waals surface area contributed by atoms with E-state index in [0.29, 0.717) is 23.3 Å². The number of methoxy groups -OCH3 is 1. The third kappa shape index (κ3) is 22.5. The van der Waals surface area contributed by atoms with Gasteiger partial charge in [-0.25, -0.2) is 35.1 Å². The van der Waals surface area contributed by atoms with Crippen LogP contribution >= 0.6 is 11.3 Å². The quantitative estimate of drug-likeness (QED) is 0.0236. The zero-order valence-corrected chi connectivity index (χ0v) is 64.9. The molecule has 6 aromatic carbocycles. The monoisotopic (exact) mass is 1670 g/mol. The van der Waals surface area contributed by atoms with Crippen LogP contribution in [-0.2, 0) is 0 Å². The number of nitrogen functional groups attached to an aromatic ring is 4. The lowest BCUT2D eigenvalue weighted by Gasteiger charge is -2.15. The van der Waals surface area contributed by atoms with Crippen molar-refractivity contribution in [3.63, 3.8) is 0 Å². The number of aromatic amines is 4. The molecule has 616 valence electrons. The highest BCUT2D eigenvalue weighted by Crippen LogP contribution is 2.32. The van der Waals surface area contributed by atoms with Gasteiger partial charge >= 0.3 is 0 Å². The highest BCUT2D eigenvalue weighted by atomic mass is 32.1. The molecule has 0 bridgehead atoms. The molecule has 0 aliphatic carbocycles. The molecule has 0 saturated heterocycles. The summed E-state index contributed by atoms with van der Waals surface area (Å²) >= 11 is 1.58. The molecule has 0 amide bonds. The maximum absolute atomic E-state index is 14.0. The average molecular weight is 1670 g/mol. The van der Waals surface area contributed by atoms with Crippen molar-refractivity contribution in [3.05, 3.63) is 262 Å². The number of thiophene rings is 1. The molecule has 4 unspecified atom stereocenters. The predicted octanol–water partition coefficient (Wildman–Crippen LogP) is 15.6. The number of H-pyrrole nitrogens is 4. The number of halogens is 8. The number of nitrogens with zero attached hydrogens (tertiary/aromatic N) is 17. The maximum atomic E-state index is 14.0. The Bertz CT molecular complexity index is 6000. The third-order valence-electron chi connectivity index (χ3n) is 17.2. The van der Waals surface area contributed by atoms with E-state index < -0.39 is 70.7 Å². The van der Waals surface area contributed by atoms with Crippen LogP contribution in [0.3, 0.4) is 0 Å². The van der Waals surface area contributed by atoms with Gasteiger partial charge in [-0.15, -0.1) is 11.3 Å². The van der Waals surface area contributed by atoms with Crippen LogP contribution in [0.15, 0.2) is 194 Å². The number of ether oxygens (including phenoxy) is 1. The number of hydrogen-bond acceptors (Lipinski definition) is 31. The molecule has 0 spiro atoms. The Morgan fingerprint density at radius 1 is 0.331 bits per heavy atom. The van der Waals surface area contributed by atoms with E-state index in [1.807, 2.05) is 90.3 Å². The molecule has 0 saturated carbocycles. The SMILES string of the molecule is CC(Nc1nc(N)nc(Nc2cc(-c3ccccc3)[nH]n2)n1)c1ccc(F)cc1F.CC(Nc1nc(N)nc(Nc2cc(-c3cccnc3)[nH]n2)n1)c1ccc(F)cc1F.CC(Nc1nc(N)nc(Nc2cc(-c3cccs3)[nH]n2)n1)c1ccc(F)cc1F.COc1cccc(-c2cc(Nc3nc(N)nc(NC(C)c4ccc(F)cc4F)n3)n[nH]2)c1. The van der Waals surface area contributed by atoms with Gasteiger partial charge in [0.1, 0.15) is 52.3 Å². The fourth-order valence-corrected chi connectivity index (χ4v) is 12.2. The second kappa shape index (κ2) is 38.1. The van der Waals surface area contributed by atoms with E-state index in [2.05, 4.69) is 148 Å². The molecule has 10 heterocycles. The number of nitrogens with one attached hydrogen (secondary N) is 12. The normalized spacial score (nSPS) is 11.8. The number of pyridine rings is 1. The second-order valence-electron chi connectivity index (χ2n) is 26.0. The number of benzene rings is 6. The highest BCUT2D eigenvalue weighted by molar-refractivity contribution is 7.13. The van der Waals surface area contributed by atoms with Crippen LogP contribution in [0.5, 0.6) is 5.75 Å². The summed E-state index contributed by atoms with van der Waals surface area (Å²) in [5.74, 6) is -1.58. The minimum absolute atomic E-state index is 0.0224. The van der Waals surface area contributed by atoms with Gasteiger partial charge in [0.2, 0.25) is 71.4 Å². The van der Waals surface area contributed by atoms with Gasteiger partial charge in [0.15, 0.2) is 23.3 Å². The zero-order valence-electron chi connectivity index (χ0n) is 64.0. The summed E-state index contributed by atoms with van der Waals surface area (Å²) < 4.78 is 114. The van der Waals surface area contributed by atoms with E-state index in [0.717, 1.165) is 74.4 Å². The number of anilines is 16. The summed E-state index contributed by atoms with van der Waals surface area (Å²) in [5, 5.41) is 54.0. The molecule has 16 rings (SSSR count). The van der Waals surface area contributed by atoms with Gasteiger partial charge < -0.3 is 70.2 Å². The first-order valence-electron chi connectivity index (χ1n) is 36.2. The average Bonchev–Trinajstić information content (AvgIpc) is 1.37. The molecule has 43 heteroatoms. The molecule has 20 N–H and O–H groups in total. The van der Waals surface area contributed by atoms with Gasteiger partial charge in [-0.05, 0) is 93.2 Å². The first-order valence-corrected chi connectivity index (χ1v) is 37.1. The van der Waals surface area contributed by atoms with E-state index in [9.17, 15) is 35.1 Å². The lowest BCUT2D eigenvalue weighted by atomic mass is 10.1. The minimum Gasteiger partial charge on any atom is -0.497 e. The Morgan fingerprint density at radius 3 is 1.00 bits per heavy atom. The Balaban J connectivity index is 0.000000139. The molecule has 121 heavy (non-hydrogen) atoms. The van der Waals surface area contributed by atoms with Crippen molar-refractivity contribution in [2.24, 2.45) is 0 Å².